The zero-order valence-electron chi connectivity index (χ0n) is 28.6. The smallest absolute Gasteiger partial charge is 0.0255 e. The maximum Gasteiger partial charge on any atom is 0.0255 e. The quantitative estimate of drug-likeness (QED) is 0.298. The number of hydrogen-bond acceptors (Lipinski definition) is 2. The number of piperidine rings is 1. The third kappa shape index (κ3) is 7.16. The Bertz CT molecular complexity index is 781. The fraction of sp³-hybridized carbons (Fsp3) is 1.00. The van der Waals surface area contributed by atoms with Gasteiger partial charge in [0.05, 0.1) is 0 Å². The lowest BCUT2D eigenvalue weighted by atomic mass is 9.61. The molecule has 0 radical (unpaired) electrons. The van der Waals surface area contributed by atoms with Gasteiger partial charge in [0.1, 0.15) is 0 Å². The predicted octanol–water partition coefficient (Wildman–Crippen LogP) is 10.5. The molecule has 5 saturated carbocycles. The van der Waals surface area contributed by atoms with Crippen molar-refractivity contribution in [3.63, 3.8) is 0 Å². The minimum Gasteiger partial charge on any atom is -0.309 e. The van der Waals surface area contributed by atoms with Crippen LogP contribution in [-0.4, -0.2) is 24.2 Å². The first kappa shape index (κ1) is 31.9. The Kier molecular flexibility index (Phi) is 11.4. The van der Waals surface area contributed by atoms with Crippen molar-refractivity contribution < 1.29 is 0 Å². The molecule has 0 bridgehead atoms. The molecule has 42 heavy (non-hydrogen) atoms. The average Bonchev–Trinajstić information content (AvgIpc) is 3.03. The van der Waals surface area contributed by atoms with Gasteiger partial charge in [0.25, 0.3) is 0 Å². The van der Waals surface area contributed by atoms with E-state index in [4.69, 9.17) is 5.32 Å². The molecular formula is C40H72N2. The van der Waals surface area contributed by atoms with Gasteiger partial charge in [-0.25, -0.2) is 0 Å². The lowest BCUT2D eigenvalue weighted by molar-refractivity contribution is 0.0239. The fourth-order valence-electron chi connectivity index (χ4n) is 12.7. The van der Waals surface area contributed by atoms with Crippen molar-refractivity contribution in [2.75, 3.05) is 0 Å². The van der Waals surface area contributed by atoms with Crippen LogP contribution in [0.5, 0.6) is 0 Å². The monoisotopic (exact) mass is 581 g/mol. The molecule has 0 aromatic heterocycles. The molecule has 6 fully saturated rings. The highest BCUT2D eigenvalue weighted by Gasteiger charge is 2.47. The molecule has 10 unspecified atom stereocenters. The maximum atomic E-state index is 4.74. The normalized spacial score (nSPS) is 43.3. The van der Waals surface area contributed by atoms with Crippen molar-refractivity contribution >= 4 is 0 Å². The average molecular weight is 581 g/mol. The predicted molar refractivity (Wildman–Crippen MR) is 181 cm³/mol. The van der Waals surface area contributed by atoms with Gasteiger partial charge in [-0.1, -0.05) is 118 Å². The Labute approximate surface area is 262 Å². The van der Waals surface area contributed by atoms with Crippen LogP contribution < -0.4 is 10.6 Å². The minimum atomic E-state index is 0.691. The van der Waals surface area contributed by atoms with Gasteiger partial charge < -0.3 is 10.6 Å². The third-order valence-electron chi connectivity index (χ3n) is 14.7. The van der Waals surface area contributed by atoms with E-state index in [1.54, 1.807) is 19.3 Å². The Balaban J connectivity index is 1.28. The van der Waals surface area contributed by atoms with Crippen molar-refractivity contribution in [2.24, 2.45) is 59.2 Å². The summed E-state index contributed by atoms with van der Waals surface area (Å²) in [6, 6.07) is 2.90. The van der Waals surface area contributed by atoms with E-state index in [9.17, 15) is 0 Å². The fourth-order valence-corrected chi connectivity index (χ4v) is 12.7. The Morgan fingerprint density at radius 3 is 1.67 bits per heavy atom. The molecule has 0 amide bonds. The lowest BCUT2D eigenvalue weighted by Gasteiger charge is -2.53. The second kappa shape index (κ2) is 15.0. The van der Waals surface area contributed by atoms with Crippen molar-refractivity contribution in [3.05, 3.63) is 0 Å². The van der Waals surface area contributed by atoms with Crippen LogP contribution in [0.4, 0.5) is 0 Å². The molecule has 1 saturated heterocycles. The molecule has 6 aliphatic rings. The van der Waals surface area contributed by atoms with E-state index in [2.05, 4.69) is 33.0 Å². The number of hydrogen-bond donors (Lipinski definition) is 2. The Hall–Kier alpha value is -0.0800. The van der Waals surface area contributed by atoms with Gasteiger partial charge in [-0.2, -0.15) is 0 Å². The second-order valence-corrected chi connectivity index (χ2v) is 17.6. The first-order chi connectivity index (χ1) is 20.5. The molecule has 1 heterocycles. The van der Waals surface area contributed by atoms with E-state index < -0.39 is 0 Å². The summed E-state index contributed by atoms with van der Waals surface area (Å²) in [7, 11) is 0. The van der Waals surface area contributed by atoms with E-state index in [1.165, 1.54) is 122 Å². The van der Waals surface area contributed by atoms with Crippen molar-refractivity contribution in [3.8, 4) is 0 Å². The molecule has 0 spiro atoms. The van der Waals surface area contributed by atoms with Crippen LogP contribution in [0.3, 0.4) is 0 Å². The van der Waals surface area contributed by atoms with Gasteiger partial charge >= 0.3 is 0 Å². The summed E-state index contributed by atoms with van der Waals surface area (Å²) >= 11 is 0. The van der Waals surface area contributed by atoms with Gasteiger partial charge in [-0.15, -0.1) is 0 Å². The Morgan fingerprint density at radius 1 is 0.452 bits per heavy atom. The van der Waals surface area contributed by atoms with Gasteiger partial charge in [0.2, 0.25) is 0 Å². The molecule has 2 heteroatoms. The van der Waals surface area contributed by atoms with Crippen molar-refractivity contribution in [1.82, 2.24) is 10.6 Å². The van der Waals surface area contributed by atoms with Crippen LogP contribution in [0.1, 0.15) is 169 Å². The van der Waals surface area contributed by atoms with Gasteiger partial charge in [-0.3, -0.25) is 0 Å². The molecular weight excluding hydrogens is 508 g/mol. The van der Waals surface area contributed by atoms with E-state index in [0.717, 1.165) is 71.3 Å². The number of nitrogens with one attached hydrogen (secondary N) is 2. The van der Waals surface area contributed by atoms with Crippen molar-refractivity contribution in [2.45, 2.75) is 193 Å². The largest absolute Gasteiger partial charge is 0.309 e. The highest BCUT2D eigenvalue weighted by molar-refractivity contribution is 5.03. The van der Waals surface area contributed by atoms with Crippen LogP contribution in [0, 0.1) is 59.2 Å². The van der Waals surface area contributed by atoms with Crippen LogP contribution in [-0.2, 0) is 0 Å². The van der Waals surface area contributed by atoms with Crippen LogP contribution in [0.25, 0.3) is 0 Å². The molecule has 0 aromatic rings. The van der Waals surface area contributed by atoms with E-state index in [0.29, 0.717) is 12.1 Å². The summed E-state index contributed by atoms with van der Waals surface area (Å²) in [4.78, 5) is 0. The van der Waals surface area contributed by atoms with E-state index in [1.807, 2.05) is 0 Å². The molecule has 1 aliphatic heterocycles. The van der Waals surface area contributed by atoms with E-state index in [-0.39, 0.29) is 0 Å². The summed E-state index contributed by atoms with van der Waals surface area (Å²) in [5.74, 6) is 9.25. The zero-order chi connectivity index (χ0) is 29.1. The third-order valence-corrected chi connectivity index (χ3v) is 14.7. The summed E-state index contributed by atoms with van der Waals surface area (Å²) in [5.41, 5.74) is 0. The van der Waals surface area contributed by atoms with Gasteiger partial charge in [0, 0.05) is 24.2 Å². The standard InChI is InChI=1S/C40H72N2/c1-27(2)31-22-13-23-32(28(3)4)39(31)42-40(36-21-11-10-20-34(36)29-15-6-5-7-16-29)38-26-14-25-37(41-38)35-24-12-18-30-17-8-9-19-33(30)35/h27-42H,5-26H2,1-4H3. The van der Waals surface area contributed by atoms with Crippen LogP contribution in [0.2, 0.25) is 0 Å². The summed E-state index contributed by atoms with van der Waals surface area (Å²) < 4.78 is 0. The van der Waals surface area contributed by atoms with Crippen molar-refractivity contribution in [1.29, 1.82) is 0 Å². The van der Waals surface area contributed by atoms with Gasteiger partial charge in [0.15, 0.2) is 0 Å². The Morgan fingerprint density at radius 2 is 0.952 bits per heavy atom. The highest BCUT2D eigenvalue weighted by atomic mass is 15.1. The second-order valence-electron chi connectivity index (χ2n) is 17.6. The topological polar surface area (TPSA) is 24.1 Å². The summed E-state index contributed by atoms with van der Waals surface area (Å²) in [6.07, 6.45) is 33.0. The lowest BCUT2D eigenvalue weighted by Crippen LogP contribution is -2.64. The molecule has 2 N–H and O–H groups in total. The highest BCUT2D eigenvalue weighted by Crippen LogP contribution is 2.48. The maximum absolute atomic E-state index is 4.74. The first-order valence-corrected chi connectivity index (χ1v) is 20.0. The summed E-state index contributed by atoms with van der Waals surface area (Å²) in [5, 5.41) is 9.34. The van der Waals surface area contributed by atoms with Crippen LogP contribution >= 0.6 is 0 Å². The molecule has 242 valence electrons. The van der Waals surface area contributed by atoms with E-state index >= 15 is 0 Å². The molecule has 5 aliphatic carbocycles. The SMILES string of the molecule is CC(C)C1CCCC(C(C)C)C1NC(C1CCCC(C2CCCC3CCCCC32)N1)C1CCCCC1C1CCCCC1. The molecule has 0 aromatic carbocycles. The minimum absolute atomic E-state index is 0.691. The molecule has 6 rings (SSSR count). The first-order valence-electron chi connectivity index (χ1n) is 20.0. The van der Waals surface area contributed by atoms with Crippen LogP contribution in [0.15, 0.2) is 0 Å². The number of fused-ring (bicyclic) bond motifs is 1. The molecule has 2 nitrogen and oxygen atoms in total. The number of rotatable bonds is 8. The summed E-state index contributed by atoms with van der Waals surface area (Å²) in [6.45, 7) is 10.2. The molecule has 10 atom stereocenters. The van der Waals surface area contributed by atoms with Gasteiger partial charge in [-0.05, 0) is 111 Å². The zero-order valence-corrected chi connectivity index (χ0v) is 28.6.